The molecule has 26 heavy (non-hydrogen) atoms. The fourth-order valence-electron chi connectivity index (χ4n) is 3.10. The number of Topliss-reactive ketones (excluding diaryl/α,β-unsaturated/α-hetero) is 1. The van der Waals surface area contributed by atoms with Crippen molar-refractivity contribution in [3.8, 4) is 0 Å². The highest BCUT2D eigenvalue weighted by molar-refractivity contribution is 7.14. The van der Waals surface area contributed by atoms with Crippen LogP contribution in [0.5, 0.6) is 0 Å². The topological polar surface area (TPSA) is 63.3 Å². The van der Waals surface area contributed by atoms with Crippen molar-refractivity contribution in [3.63, 3.8) is 0 Å². The van der Waals surface area contributed by atoms with E-state index in [0.717, 1.165) is 35.4 Å². The van der Waals surface area contributed by atoms with E-state index in [1.807, 2.05) is 19.1 Å². The minimum absolute atomic E-state index is 0.0232. The second kappa shape index (κ2) is 9.45. The van der Waals surface area contributed by atoms with Gasteiger partial charge in [-0.25, -0.2) is 0 Å². The molecule has 2 aromatic rings. The number of hydrogen-bond acceptors (Lipinski definition) is 4. The lowest BCUT2D eigenvalue weighted by Crippen LogP contribution is -2.40. The van der Waals surface area contributed by atoms with Gasteiger partial charge in [-0.1, -0.05) is 29.3 Å². The number of hydrogen-bond donors (Lipinski definition) is 2. The lowest BCUT2D eigenvalue weighted by molar-refractivity contribution is 0.0983. The van der Waals surface area contributed by atoms with Crippen LogP contribution in [0.4, 0.5) is 0 Å². The number of thiophene rings is 1. The number of aliphatic hydroxyl groups excluding tert-OH is 1. The normalized spacial score (nSPS) is 13.6. The van der Waals surface area contributed by atoms with Crippen molar-refractivity contribution in [1.82, 2.24) is 0 Å². The summed E-state index contributed by atoms with van der Waals surface area (Å²) in [6.45, 7) is 6.08. The molecule has 3 N–H and O–H groups in total. The van der Waals surface area contributed by atoms with Gasteiger partial charge in [-0.2, -0.15) is 0 Å². The van der Waals surface area contributed by atoms with Gasteiger partial charge >= 0.3 is 0 Å². The summed E-state index contributed by atoms with van der Waals surface area (Å²) in [6, 6.07) is 10.6. The Morgan fingerprint density at radius 1 is 1.12 bits per heavy atom. The summed E-state index contributed by atoms with van der Waals surface area (Å²) in [5, 5.41) is 9.22. The van der Waals surface area contributed by atoms with Crippen LogP contribution in [-0.2, 0) is 12.8 Å². The van der Waals surface area contributed by atoms with Gasteiger partial charge in [0, 0.05) is 16.8 Å². The van der Waals surface area contributed by atoms with Crippen molar-refractivity contribution < 1.29 is 9.90 Å². The first-order valence-corrected chi connectivity index (χ1v) is 10.2. The minimum Gasteiger partial charge on any atom is -0.394 e. The summed E-state index contributed by atoms with van der Waals surface area (Å²) in [7, 11) is 0. The SMILES string of the molecule is Cc1cc(C)cc(CCCCC(=O)c2ccc(CCC(C)(N)CO)s2)c1. The molecule has 0 spiro atoms. The third-order valence-corrected chi connectivity index (χ3v) is 5.83. The maximum atomic E-state index is 12.4. The molecule has 0 aliphatic heterocycles. The van der Waals surface area contributed by atoms with E-state index in [0.29, 0.717) is 12.8 Å². The van der Waals surface area contributed by atoms with Crippen molar-refractivity contribution in [2.24, 2.45) is 5.73 Å². The van der Waals surface area contributed by atoms with Crippen molar-refractivity contribution in [3.05, 3.63) is 56.8 Å². The molecule has 0 aliphatic rings. The Labute approximate surface area is 161 Å². The largest absolute Gasteiger partial charge is 0.394 e. The first-order valence-electron chi connectivity index (χ1n) is 9.38. The van der Waals surface area contributed by atoms with E-state index in [4.69, 9.17) is 5.73 Å². The number of benzene rings is 1. The highest BCUT2D eigenvalue weighted by atomic mass is 32.1. The van der Waals surface area contributed by atoms with Crippen LogP contribution in [0.2, 0.25) is 0 Å². The van der Waals surface area contributed by atoms with Crippen LogP contribution in [0.15, 0.2) is 30.3 Å². The molecular weight excluding hydrogens is 342 g/mol. The summed E-state index contributed by atoms with van der Waals surface area (Å²) >= 11 is 1.56. The van der Waals surface area contributed by atoms with Crippen LogP contribution in [0.1, 0.15) is 63.8 Å². The Morgan fingerprint density at radius 3 is 2.46 bits per heavy atom. The van der Waals surface area contributed by atoms with Gasteiger partial charge in [-0.15, -0.1) is 11.3 Å². The van der Waals surface area contributed by atoms with E-state index in [1.54, 1.807) is 11.3 Å². The van der Waals surface area contributed by atoms with E-state index in [2.05, 4.69) is 32.0 Å². The number of ketones is 1. The smallest absolute Gasteiger partial charge is 0.172 e. The summed E-state index contributed by atoms with van der Waals surface area (Å²) in [5.74, 6) is 0.236. The third kappa shape index (κ3) is 6.67. The van der Waals surface area contributed by atoms with Crippen LogP contribution in [0, 0.1) is 13.8 Å². The Balaban J connectivity index is 1.76. The van der Waals surface area contributed by atoms with Crippen molar-refractivity contribution in [2.75, 3.05) is 6.61 Å². The Kier molecular flexibility index (Phi) is 7.56. The average Bonchev–Trinajstić information content (AvgIpc) is 3.05. The zero-order valence-electron chi connectivity index (χ0n) is 16.2. The number of carbonyl (C=O) groups is 1. The molecule has 1 aromatic carbocycles. The Bertz CT molecular complexity index is 713. The molecule has 0 amide bonds. The lowest BCUT2D eigenvalue weighted by Gasteiger charge is -2.20. The molecule has 3 nitrogen and oxygen atoms in total. The van der Waals surface area contributed by atoms with E-state index >= 15 is 0 Å². The van der Waals surface area contributed by atoms with Crippen LogP contribution >= 0.6 is 11.3 Å². The molecule has 1 aromatic heterocycles. The Hall–Kier alpha value is -1.49. The maximum Gasteiger partial charge on any atom is 0.172 e. The van der Waals surface area contributed by atoms with Gasteiger partial charge in [0.15, 0.2) is 5.78 Å². The molecule has 142 valence electrons. The zero-order valence-corrected chi connectivity index (χ0v) is 17.0. The van der Waals surface area contributed by atoms with Gasteiger partial charge in [0.25, 0.3) is 0 Å². The first kappa shape index (κ1) is 20.8. The number of rotatable bonds is 10. The van der Waals surface area contributed by atoms with Gasteiger partial charge < -0.3 is 10.8 Å². The van der Waals surface area contributed by atoms with E-state index < -0.39 is 5.54 Å². The van der Waals surface area contributed by atoms with Gasteiger partial charge in [-0.05, 0) is 70.6 Å². The maximum absolute atomic E-state index is 12.4. The first-order chi connectivity index (χ1) is 12.3. The zero-order chi connectivity index (χ0) is 19.2. The highest BCUT2D eigenvalue weighted by Crippen LogP contribution is 2.22. The van der Waals surface area contributed by atoms with E-state index in [-0.39, 0.29) is 12.4 Å². The fourth-order valence-corrected chi connectivity index (χ4v) is 4.08. The van der Waals surface area contributed by atoms with Crippen molar-refractivity contribution >= 4 is 17.1 Å². The molecule has 0 bridgehead atoms. The predicted octanol–water partition coefficient (Wildman–Crippen LogP) is 4.60. The fraction of sp³-hybridized carbons (Fsp3) is 0.500. The van der Waals surface area contributed by atoms with Crippen molar-refractivity contribution in [1.29, 1.82) is 0 Å². The van der Waals surface area contributed by atoms with Crippen LogP contribution in [0.25, 0.3) is 0 Å². The number of nitrogens with two attached hydrogens (primary N) is 1. The molecule has 1 heterocycles. The van der Waals surface area contributed by atoms with Crippen LogP contribution < -0.4 is 5.73 Å². The molecule has 0 fully saturated rings. The Morgan fingerprint density at radius 2 is 1.81 bits per heavy atom. The second-order valence-corrected chi connectivity index (χ2v) is 8.87. The van der Waals surface area contributed by atoms with Crippen LogP contribution in [-0.4, -0.2) is 23.0 Å². The molecule has 0 aliphatic carbocycles. The number of aryl methyl sites for hydroxylation is 4. The average molecular weight is 374 g/mol. The van der Waals surface area contributed by atoms with Crippen LogP contribution in [0.3, 0.4) is 0 Å². The van der Waals surface area contributed by atoms with Crippen molar-refractivity contribution in [2.45, 2.75) is 64.8 Å². The highest BCUT2D eigenvalue weighted by Gasteiger charge is 2.17. The predicted molar refractivity (Wildman–Crippen MR) is 110 cm³/mol. The number of carbonyl (C=O) groups excluding carboxylic acids is 1. The molecule has 0 radical (unpaired) electrons. The molecule has 0 saturated heterocycles. The second-order valence-electron chi connectivity index (χ2n) is 7.70. The van der Waals surface area contributed by atoms with Gasteiger partial charge in [0.05, 0.1) is 11.5 Å². The van der Waals surface area contributed by atoms with E-state index in [9.17, 15) is 9.90 Å². The van der Waals surface area contributed by atoms with Gasteiger partial charge in [0.1, 0.15) is 0 Å². The molecule has 1 unspecified atom stereocenters. The minimum atomic E-state index is -0.553. The monoisotopic (exact) mass is 373 g/mol. The molecular formula is C22H31NO2S. The van der Waals surface area contributed by atoms with E-state index in [1.165, 1.54) is 16.7 Å². The quantitative estimate of drug-likeness (QED) is 0.472. The summed E-state index contributed by atoms with van der Waals surface area (Å²) in [4.78, 5) is 14.4. The summed E-state index contributed by atoms with van der Waals surface area (Å²) in [5.41, 5.74) is 9.38. The number of aliphatic hydroxyl groups is 1. The number of unbranched alkanes of at least 4 members (excludes halogenated alkanes) is 1. The summed E-state index contributed by atoms with van der Waals surface area (Å²) in [6.07, 6.45) is 5.11. The van der Waals surface area contributed by atoms with Gasteiger partial charge in [0.2, 0.25) is 0 Å². The standard InChI is InChI=1S/C22H31NO2S/c1-16-12-17(2)14-18(13-16)6-4-5-7-20(25)21-9-8-19(26-21)10-11-22(3,23)15-24/h8-9,12-14,24H,4-7,10-11,15,23H2,1-3H3. The van der Waals surface area contributed by atoms with Gasteiger partial charge in [-0.3, -0.25) is 4.79 Å². The molecule has 1 atom stereocenters. The summed E-state index contributed by atoms with van der Waals surface area (Å²) < 4.78 is 0. The molecule has 2 rings (SSSR count). The molecule has 4 heteroatoms. The molecule has 0 saturated carbocycles. The lowest BCUT2D eigenvalue weighted by atomic mass is 9.98. The third-order valence-electron chi connectivity index (χ3n) is 4.64.